The number of carboxylic acid groups (broad SMARTS) is 2. The van der Waals surface area contributed by atoms with Crippen LogP contribution in [-0.2, 0) is 9.59 Å². The van der Waals surface area contributed by atoms with E-state index in [1.54, 1.807) is 0 Å². The van der Waals surface area contributed by atoms with Crippen molar-refractivity contribution in [2.45, 2.75) is 13.3 Å². The molecule has 0 saturated carbocycles. The highest BCUT2D eigenvalue weighted by atomic mass is 16.4. The smallest absolute Gasteiger partial charge is 0.317 e. The molecule has 0 aliphatic heterocycles. The van der Waals surface area contributed by atoms with Crippen molar-refractivity contribution in [1.29, 1.82) is 0 Å². The topological polar surface area (TPSA) is 84.3 Å². The number of nitrogens with zero attached hydrogens (tertiary/aromatic N) is 3. The number of rotatable bonds is 12. The van der Waals surface area contributed by atoms with Gasteiger partial charge < -0.3 is 20.0 Å². The number of hydrogen-bond donors (Lipinski definition) is 2. The first-order valence-electron chi connectivity index (χ1n) is 6.88. The summed E-state index contributed by atoms with van der Waals surface area (Å²) in [5, 5.41) is 17.6. The van der Waals surface area contributed by atoms with Crippen molar-refractivity contribution in [1.82, 2.24) is 14.7 Å². The van der Waals surface area contributed by atoms with E-state index in [0.717, 1.165) is 26.1 Å². The molecule has 0 rings (SSSR count). The molecule has 0 fully saturated rings. The van der Waals surface area contributed by atoms with Gasteiger partial charge in [-0.15, -0.1) is 0 Å². The minimum Gasteiger partial charge on any atom is -0.480 e. The largest absolute Gasteiger partial charge is 0.480 e. The molecular weight excluding hydrogens is 262 g/mol. The Labute approximate surface area is 120 Å². The summed E-state index contributed by atoms with van der Waals surface area (Å²) in [5.74, 6) is -2.00. The lowest BCUT2D eigenvalue weighted by Crippen LogP contribution is -2.42. The maximum absolute atomic E-state index is 10.7. The lowest BCUT2D eigenvalue weighted by atomic mass is 10.3. The molecular formula is C13H27N3O4. The van der Waals surface area contributed by atoms with Crippen LogP contribution in [0.1, 0.15) is 13.3 Å². The van der Waals surface area contributed by atoms with E-state index in [2.05, 4.69) is 16.7 Å². The Bertz CT molecular complexity index is 281. The van der Waals surface area contributed by atoms with Crippen molar-refractivity contribution in [2.75, 3.05) is 59.9 Å². The van der Waals surface area contributed by atoms with Gasteiger partial charge in [-0.1, -0.05) is 6.92 Å². The second-order valence-corrected chi connectivity index (χ2v) is 5.14. The zero-order chi connectivity index (χ0) is 15.5. The predicted octanol–water partition coefficient (Wildman–Crippen LogP) is -0.269. The molecule has 0 saturated heterocycles. The Morgan fingerprint density at radius 2 is 1.25 bits per heavy atom. The summed E-state index contributed by atoms with van der Waals surface area (Å²) in [6.45, 7) is 5.51. The van der Waals surface area contributed by atoms with Gasteiger partial charge in [0.2, 0.25) is 0 Å². The van der Waals surface area contributed by atoms with Crippen LogP contribution in [0.3, 0.4) is 0 Å². The molecule has 0 unspecified atom stereocenters. The molecule has 0 bridgehead atoms. The van der Waals surface area contributed by atoms with Gasteiger partial charge in [0, 0.05) is 26.2 Å². The van der Waals surface area contributed by atoms with E-state index in [4.69, 9.17) is 10.2 Å². The van der Waals surface area contributed by atoms with E-state index >= 15 is 0 Å². The molecule has 0 radical (unpaired) electrons. The van der Waals surface area contributed by atoms with E-state index < -0.39 is 11.9 Å². The lowest BCUT2D eigenvalue weighted by molar-refractivity contribution is -0.141. The molecule has 0 aliphatic carbocycles. The first-order valence-corrected chi connectivity index (χ1v) is 6.88. The summed E-state index contributed by atoms with van der Waals surface area (Å²) in [6.07, 6.45) is 1.02. The normalized spacial score (nSPS) is 11.5. The van der Waals surface area contributed by atoms with E-state index in [1.807, 2.05) is 14.1 Å². The van der Waals surface area contributed by atoms with Crippen LogP contribution < -0.4 is 0 Å². The van der Waals surface area contributed by atoms with Crippen LogP contribution in [0, 0.1) is 0 Å². The average Bonchev–Trinajstić information content (AvgIpc) is 2.30. The van der Waals surface area contributed by atoms with Crippen molar-refractivity contribution in [3.8, 4) is 0 Å². The molecule has 0 aromatic rings. The highest BCUT2D eigenvalue weighted by Crippen LogP contribution is 1.96. The van der Waals surface area contributed by atoms with Crippen molar-refractivity contribution in [2.24, 2.45) is 0 Å². The van der Waals surface area contributed by atoms with Crippen molar-refractivity contribution >= 4 is 11.9 Å². The summed E-state index contributed by atoms with van der Waals surface area (Å²) in [7, 11) is 4.01. The van der Waals surface area contributed by atoms with Crippen LogP contribution in [0.4, 0.5) is 0 Å². The molecule has 118 valence electrons. The first kappa shape index (κ1) is 18.8. The summed E-state index contributed by atoms with van der Waals surface area (Å²) < 4.78 is 0. The fraction of sp³-hybridized carbons (Fsp3) is 0.846. The first-order chi connectivity index (χ1) is 9.35. The molecule has 0 amide bonds. The number of carboxylic acids is 2. The zero-order valence-corrected chi connectivity index (χ0v) is 12.7. The van der Waals surface area contributed by atoms with Crippen LogP contribution in [-0.4, -0.2) is 96.8 Å². The van der Waals surface area contributed by atoms with Crippen molar-refractivity contribution in [3.63, 3.8) is 0 Å². The average molecular weight is 289 g/mol. The highest BCUT2D eigenvalue weighted by molar-refractivity contribution is 5.72. The molecule has 0 aromatic carbocycles. The van der Waals surface area contributed by atoms with Crippen LogP contribution >= 0.6 is 0 Å². The van der Waals surface area contributed by atoms with Crippen LogP contribution in [0.15, 0.2) is 0 Å². The molecule has 7 heteroatoms. The van der Waals surface area contributed by atoms with E-state index in [0.29, 0.717) is 13.1 Å². The van der Waals surface area contributed by atoms with Gasteiger partial charge in [0.15, 0.2) is 0 Å². The molecule has 0 spiro atoms. The van der Waals surface area contributed by atoms with Crippen LogP contribution in [0.25, 0.3) is 0 Å². The lowest BCUT2D eigenvalue weighted by Gasteiger charge is -2.26. The van der Waals surface area contributed by atoms with Gasteiger partial charge in [0.1, 0.15) is 0 Å². The predicted molar refractivity (Wildman–Crippen MR) is 77.0 cm³/mol. The molecule has 0 aromatic heterocycles. The second-order valence-electron chi connectivity index (χ2n) is 5.14. The van der Waals surface area contributed by atoms with Gasteiger partial charge >= 0.3 is 11.9 Å². The molecule has 7 nitrogen and oxygen atoms in total. The maximum atomic E-state index is 10.7. The highest BCUT2D eigenvalue weighted by Gasteiger charge is 2.14. The zero-order valence-electron chi connectivity index (χ0n) is 12.7. The number of aliphatic carboxylic acids is 2. The molecule has 20 heavy (non-hydrogen) atoms. The van der Waals surface area contributed by atoms with E-state index in [-0.39, 0.29) is 13.1 Å². The molecule has 0 heterocycles. The Morgan fingerprint density at radius 1 is 0.800 bits per heavy atom. The standard InChI is InChI=1S/C13H27N3O4/c1-4-5-15(7-6-14(2)3)8-9-16(10-12(17)18)11-13(19)20/h4-11H2,1-3H3,(H,17,18)(H,19,20). The number of hydrogen-bond acceptors (Lipinski definition) is 5. The van der Waals surface area contributed by atoms with Gasteiger partial charge in [-0.25, -0.2) is 0 Å². The molecule has 0 atom stereocenters. The summed E-state index contributed by atoms with van der Waals surface area (Å²) >= 11 is 0. The third-order valence-electron chi connectivity index (χ3n) is 2.85. The fourth-order valence-electron chi connectivity index (χ4n) is 1.87. The van der Waals surface area contributed by atoms with E-state index in [1.165, 1.54) is 4.90 Å². The number of likely N-dealkylation sites (N-methyl/N-ethyl adjacent to an activating group) is 1. The Hall–Kier alpha value is -1.18. The van der Waals surface area contributed by atoms with Gasteiger partial charge in [-0.05, 0) is 27.1 Å². The number of carbonyl (C=O) groups is 2. The summed E-state index contributed by atoms with van der Waals surface area (Å²) in [4.78, 5) is 27.2. The third kappa shape index (κ3) is 10.7. The van der Waals surface area contributed by atoms with Crippen LogP contribution in [0.5, 0.6) is 0 Å². The van der Waals surface area contributed by atoms with Crippen molar-refractivity contribution in [3.05, 3.63) is 0 Å². The monoisotopic (exact) mass is 289 g/mol. The molecule has 2 N–H and O–H groups in total. The van der Waals surface area contributed by atoms with Gasteiger partial charge in [-0.3, -0.25) is 14.5 Å². The minimum atomic E-state index is -0.999. The van der Waals surface area contributed by atoms with Crippen LogP contribution in [0.2, 0.25) is 0 Å². The Kier molecular flexibility index (Phi) is 9.96. The quantitative estimate of drug-likeness (QED) is 0.511. The molecule has 0 aliphatic rings. The van der Waals surface area contributed by atoms with Gasteiger partial charge in [-0.2, -0.15) is 0 Å². The summed E-state index contributed by atoms with van der Waals surface area (Å²) in [5.41, 5.74) is 0. The Balaban J connectivity index is 4.28. The van der Waals surface area contributed by atoms with Gasteiger partial charge in [0.05, 0.1) is 13.1 Å². The summed E-state index contributed by atoms with van der Waals surface area (Å²) in [6, 6.07) is 0. The minimum absolute atomic E-state index is 0.236. The SMILES string of the molecule is CCCN(CCN(C)C)CCN(CC(=O)O)CC(=O)O. The third-order valence-corrected chi connectivity index (χ3v) is 2.85. The van der Waals surface area contributed by atoms with Crippen molar-refractivity contribution < 1.29 is 19.8 Å². The fourth-order valence-corrected chi connectivity index (χ4v) is 1.87. The Morgan fingerprint density at radius 3 is 1.65 bits per heavy atom. The van der Waals surface area contributed by atoms with E-state index in [9.17, 15) is 9.59 Å². The second kappa shape index (κ2) is 10.6. The maximum Gasteiger partial charge on any atom is 0.317 e. The van der Waals surface area contributed by atoms with Gasteiger partial charge in [0.25, 0.3) is 0 Å².